The number of esters is 2. The maximum atomic E-state index is 13.2. The predicted octanol–water partition coefficient (Wildman–Crippen LogP) is 12.7. The van der Waals surface area contributed by atoms with Crippen LogP contribution < -0.4 is 90.2 Å². The Hall–Kier alpha value is -2.22. The minimum atomic E-state index is -5.08. The van der Waals surface area contributed by atoms with Crippen LogP contribution in [0.3, 0.4) is 0 Å². The smallest absolute Gasteiger partial charge is 0.756 e. The monoisotopic (exact) mass is 1680 g/mol. The first-order valence-corrected chi connectivity index (χ1v) is 46.8. The van der Waals surface area contributed by atoms with Crippen LogP contribution in [-0.4, -0.2) is 137 Å². The number of amides is 4. The number of carbonyl (C=O) groups is 8. The van der Waals surface area contributed by atoms with E-state index in [1.165, 1.54) is 89.9 Å². The number of nitrogens with one attached hydrogen (secondary N) is 4. The second-order valence-corrected chi connectivity index (χ2v) is 32.8. The number of hydrogen-bond acceptors (Lipinski definition) is 20. The van der Waals surface area contributed by atoms with E-state index in [2.05, 4.69) is 87.1 Å². The number of Topliss-reactive ketones (excluding diaryl/α,β-unsaturated/α-hetero) is 2. The van der Waals surface area contributed by atoms with Gasteiger partial charge in [0.15, 0.2) is 0 Å². The summed E-state index contributed by atoms with van der Waals surface area (Å²) in [5, 5.41) is 10.1. The van der Waals surface area contributed by atoms with Crippen molar-refractivity contribution in [3.63, 3.8) is 0 Å². The molecule has 0 saturated heterocycles. The van der Waals surface area contributed by atoms with Gasteiger partial charge in [-0.2, -0.15) is 0 Å². The second kappa shape index (κ2) is 85.7. The summed E-state index contributed by atoms with van der Waals surface area (Å²) in [6, 6.07) is -2.09. The van der Waals surface area contributed by atoms with Crippen molar-refractivity contribution in [1.82, 2.24) is 21.3 Å². The van der Waals surface area contributed by atoms with E-state index in [4.69, 9.17) is 37.0 Å². The van der Waals surface area contributed by atoms with Crippen molar-refractivity contribution in [2.45, 2.75) is 414 Å². The second-order valence-electron chi connectivity index (χ2n) is 29.9. The molecule has 6 atom stereocenters. The van der Waals surface area contributed by atoms with Crippen LogP contribution in [0.4, 0.5) is 0 Å². The van der Waals surface area contributed by atoms with E-state index in [0.717, 1.165) is 154 Å². The predicted molar refractivity (Wildman–Crippen MR) is 444 cm³/mol. The zero-order valence-electron chi connectivity index (χ0n) is 72.2. The van der Waals surface area contributed by atoms with Crippen molar-refractivity contribution in [3.8, 4) is 0 Å². The molecule has 0 radical (unpaired) electrons. The van der Waals surface area contributed by atoms with Crippen molar-refractivity contribution in [3.05, 3.63) is 24.3 Å². The van der Waals surface area contributed by atoms with Crippen LogP contribution in [0.2, 0.25) is 0 Å². The first-order valence-electron chi connectivity index (χ1n) is 43.9. The fraction of sp³-hybridized carbons (Fsp3) is 0.860. The molecule has 0 aliphatic carbocycles. The van der Waals surface area contributed by atoms with Gasteiger partial charge in [0, 0.05) is 51.6 Å². The van der Waals surface area contributed by atoms with Gasteiger partial charge in [0.25, 0.3) is 15.6 Å². The Morgan fingerprint density at radius 2 is 0.614 bits per heavy atom. The van der Waals surface area contributed by atoms with Crippen molar-refractivity contribution in [1.29, 1.82) is 0 Å². The van der Waals surface area contributed by atoms with E-state index in [9.17, 15) is 57.3 Å². The van der Waals surface area contributed by atoms with Crippen molar-refractivity contribution in [2.24, 2.45) is 0 Å². The number of hydrogen-bond donors (Lipinski definition) is 4. The van der Waals surface area contributed by atoms with E-state index in [-0.39, 0.29) is 155 Å². The quantitative estimate of drug-likeness (QED) is 0.0110. The molecular formula is C86H160N4Na2O20P2. The van der Waals surface area contributed by atoms with Crippen LogP contribution in [0.5, 0.6) is 0 Å². The molecule has 4 N–H and O–H groups in total. The number of carbonyl (C=O) groups excluding carboxylic acids is 8. The minimum absolute atomic E-state index is 0. The summed E-state index contributed by atoms with van der Waals surface area (Å²) in [4.78, 5) is 130. The van der Waals surface area contributed by atoms with E-state index in [1.54, 1.807) is 0 Å². The molecule has 0 aromatic rings. The van der Waals surface area contributed by atoms with Gasteiger partial charge in [-0.3, -0.25) is 47.5 Å². The molecule has 24 nitrogen and oxygen atoms in total. The third kappa shape index (κ3) is 82.1. The van der Waals surface area contributed by atoms with Crippen LogP contribution in [0, 0.1) is 0 Å². The Kier molecular flexibility index (Phi) is 88.8. The van der Waals surface area contributed by atoms with Gasteiger partial charge < -0.3 is 68.1 Å². The van der Waals surface area contributed by atoms with Gasteiger partial charge in [-0.15, -0.1) is 0 Å². The first-order chi connectivity index (χ1) is 53.7. The van der Waals surface area contributed by atoms with E-state index in [0.29, 0.717) is 51.4 Å². The largest absolute Gasteiger partial charge is 1.00 e. The molecule has 0 aromatic carbocycles. The number of phosphoric ester groups is 2. The molecule has 0 spiro atoms. The molecule has 0 aliphatic heterocycles. The normalized spacial score (nSPS) is 13.5. The van der Waals surface area contributed by atoms with Gasteiger partial charge >= 0.3 is 71.1 Å². The number of ketones is 2. The van der Waals surface area contributed by atoms with Crippen molar-refractivity contribution >= 4 is 62.8 Å². The molecule has 28 heteroatoms. The Morgan fingerprint density at radius 3 is 0.939 bits per heavy atom. The zero-order chi connectivity index (χ0) is 81.8. The molecule has 656 valence electrons. The van der Waals surface area contributed by atoms with Gasteiger partial charge in [0.05, 0.1) is 77.8 Å². The summed E-state index contributed by atoms with van der Waals surface area (Å²) >= 11 is 0. The summed E-state index contributed by atoms with van der Waals surface area (Å²) in [6.45, 7) is 9.63. The molecule has 0 aliphatic rings. The third-order valence-electron chi connectivity index (χ3n) is 19.0. The Bertz CT molecular complexity index is 2340. The number of phosphoric acid groups is 2. The topological polar surface area (TPSA) is 339 Å². The molecule has 0 fully saturated rings. The Labute approximate surface area is 735 Å². The molecule has 4 amide bonds. The van der Waals surface area contributed by atoms with Crippen molar-refractivity contribution < 1.29 is 153 Å². The molecular weight excluding hydrogens is 1520 g/mol. The molecule has 4 unspecified atom stereocenters. The van der Waals surface area contributed by atoms with E-state index >= 15 is 0 Å². The van der Waals surface area contributed by atoms with E-state index in [1.807, 2.05) is 0 Å². The SMILES string of the molecule is C.CCCCCC/C=C\CCCC(=O)O[C@H](CCCCCCC)CCOCC(COP(=O)([O-])OCCNC(=O)CC(=O)NCCOP(=O)([O-])OCC(COCC[C@@H](CCCCCCC)OC(=O)CCC/C=C\CCCCCC)NC(=O)CC(=O)CCCCCCCCCCC)NC(=O)CC(=O)CCCCCCCCCCC.[Na+].[Na+]. The summed E-state index contributed by atoms with van der Waals surface area (Å²) in [6.07, 6.45) is 53.3. The van der Waals surface area contributed by atoms with Gasteiger partial charge in [-0.25, -0.2) is 0 Å². The Morgan fingerprint density at radius 1 is 0.325 bits per heavy atom. The van der Waals surface area contributed by atoms with Gasteiger partial charge in [-0.05, 0) is 89.9 Å². The molecule has 0 rings (SSSR count). The minimum Gasteiger partial charge on any atom is -0.756 e. The van der Waals surface area contributed by atoms with Crippen LogP contribution in [0.25, 0.3) is 0 Å². The molecule has 0 bridgehead atoms. The number of ether oxygens (including phenoxy) is 4. The average molecular weight is 1680 g/mol. The Balaban J connectivity index is -0.0000202. The fourth-order valence-electron chi connectivity index (χ4n) is 12.4. The summed E-state index contributed by atoms with van der Waals surface area (Å²) in [5.41, 5.74) is 0. The fourth-order valence-corrected chi connectivity index (χ4v) is 14.0. The summed E-state index contributed by atoms with van der Waals surface area (Å²) in [7, 11) is -10.2. The number of unbranched alkanes of at least 4 members (excludes halogenated alkanes) is 34. The van der Waals surface area contributed by atoms with Gasteiger partial charge in [0.1, 0.15) is 30.2 Å². The molecule has 0 aromatic heterocycles. The number of allylic oxidation sites excluding steroid dienone is 4. The molecule has 0 heterocycles. The van der Waals surface area contributed by atoms with Crippen LogP contribution in [0.1, 0.15) is 389 Å². The van der Waals surface area contributed by atoms with Crippen molar-refractivity contribution in [2.75, 3.05) is 65.9 Å². The standard InChI is InChI=1S/C85H158N4O20P2.CH4.2Na/c1-7-13-19-25-29-33-37-43-47-53-76(90)67-82(94)88-74(70-102-63-59-78(55-49-41-23-17-11-5)108-84(96)57-51-45-39-35-31-27-21-15-9-3)72-106-110(98,99)104-65-61-86-80(92)69-81(93)87-62-66-105-111(100,101)107-73-75(89-83(95)68-77(91)54-48-44-38-34-30-26-20-14-8-2)71-103-64-60-79(56-50-42-24-18-12-6)109-85(97)58-52-46-40-36-32-28-22-16-10-4;;;/h35-36,39-40,74-75,78-79H,7-34,37-38,41-73H2,1-6H3,(H,86,92)(H,87,93)(H,88,94)(H,89,95)(H,98,99)(H,100,101);1H4;;/q;;2*+1/p-2/b39-35-,40-36-;;;/t74?,75?,78-,79-;;;/m1.../s1. The van der Waals surface area contributed by atoms with E-state index < -0.39 is 109 Å². The van der Waals surface area contributed by atoms with Crippen LogP contribution >= 0.6 is 15.6 Å². The molecule has 114 heavy (non-hydrogen) atoms. The first kappa shape index (κ1) is 118. The maximum absolute atomic E-state index is 13.2. The summed E-state index contributed by atoms with van der Waals surface area (Å²) in [5.74, 6) is -3.98. The number of rotatable bonds is 84. The summed E-state index contributed by atoms with van der Waals surface area (Å²) < 4.78 is 70.2. The van der Waals surface area contributed by atoms with Gasteiger partial charge in [-0.1, -0.05) is 266 Å². The zero-order valence-corrected chi connectivity index (χ0v) is 78.0. The third-order valence-corrected chi connectivity index (χ3v) is 21.0. The van der Waals surface area contributed by atoms with Crippen LogP contribution in [-0.2, 0) is 84.5 Å². The van der Waals surface area contributed by atoms with Gasteiger partial charge in [0.2, 0.25) is 23.6 Å². The average Bonchev–Trinajstić information content (AvgIpc) is 0.909. The molecule has 0 saturated carbocycles. The maximum Gasteiger partial charge on any atom is 1.00 e. The van der Waals surface area contributed by atoms with Crippen LogP contribution in [0.15, 0.2) is 24.3 Å².